The second-order valence-corrected chi connectivity index (χ2v) is 12.0. The maximum atomic E-state index is 11.9. The number of carbonyl (C=O) groups excluding carboxylic acids is 2. The summed E-state index contributed by atoms with van der Waals surface area (Å²) in [5, 5.41) is 9.98. The summed E-state index contributed by atoms with van der Waals surface area (Å²) in [5.41, 5.74) is 0. The predicted molar refractivity (Wildman–Crippen MR) is 187 cm³/mol. The minimum atomic E-state index is -0.975. The lowest BCUT2D eigenvalue weighted by Gasteiger charge is -2.12. The zero-order chi connectivity index (χ0) is 32.2. The second-order valence-electron chi connectivity index (χ2n) is 12.0. The Hall–Kier alpha value is -2.14. The van der Waals surface area contributed by atoms with E-state index in [0.717, 1.165) is 64.2 Å². The molecule has 1 atom stereocenters. The van der Waals surface area contributed by atoms with Gasteiger partial charge in [-0.25, -0.2) is 0 Å². The molecule has 0 bridgehead atoms. The molecule has 0 spiro atoms. The average Bonchev–Trinajstić information content (AvgIpc) is 3.02. The lowest BCUT2D eigenvalue weighted by atomic mass is 10.1. The summed E-state index contributed by atoms with van der Waals surface area (Å²) in [4.78, 5) is 23.9. The van der Waals surface area contributed by atoms with Crippen LogP contribution in [0.25, 0.3) is 0 Å². The highest BCUT2D eigenvalue weighted by Crippen LogP contribution is 2.10. The van der Waals surface area contributed by atoms with Gasteiger partial charge in [0.15, 0.2) is 0 Å². The van der Waals surface area contributed by atoms with Crippen LogP contribution in [0.2, 0.25) is 0 Å². The Labute approximate surface area is 271 Å². The highest BCUT2D eigenvalue weighted by molar-refractivity contribution is 5.69. The first-order valence-corrected chi connectivity index (χ1v) is 18.2. The number of hydrogen-bond donors (Lipinski definition) is 1. The SMILES string of the molecule is CCCCC/C=C\C/C=C/CCCCCCCC(=O)OCC(O)COC(=O)CCCCCCC/C=C/C/C=C/CCCCC. The first-order chi connectivity index (χ1) is 21.6. The van der Waals surface area contributed by atoms with E-state index in [1.807, 2.05) is 0 Å². The molecule has 1 N–H and O–H groups in total. The molecule has 0 aromatic carbocycles. The smallest absolute Gasteiger partial charge is 0.305 e. The van der Waals surface area contributed by atoms with Gasteiger partial charge in [-0.1, -0.05) is 127 Å². The van der Waals surface area contributed by atoms with E-state index < -0.39 is 6.10 Å². The minimum Gasteiger partial charge on any atom is -0.463 e. The van der Waals surface area contributed by atoms with E-state index in [1.54, 1.807) is 0 Å². The summed E-state index contributed by atoms with van der Waals surface area (Å²) in [5.74, 6) is -0.600. The van der Waals surface area contributed by atoms with Crippen LogP contribution >= 0.6 is 0 Å². The molecule has 0 aromatic rings. The van der Waals surface area contributed by atoms with Crippen LogP contribution in [-0.4, -0.2) is 36.4 Å². The highest BCUT2D eigenvalue weighted by Gasteiger charge is 2.12. The van der Waals surface area contributed by atoms with Crippen LogP contribution in [0.5, 0.6) is 0 Å². The van der Waals surface area contributed by atoms with Crippen LogP contribution in [0, 0.1) is 0 Å². The number of rotatable bonds is 32. The molecule has 44 heavy (non-hydrogen) atoms. The zero-order valence-electron chi connectivity index (χ0n) is 28.7. The molecule has 0 heterocycles. The molecule has 0 aliphatic heterocycles. The van der Waals surface area contributed by atoms with Gasteiger partial charge >= 0.3 is 11.9 Å². The number of aliphatic hydroxyl groups is 1. The van der Waals surface area contributed by atoms with Crippen LogP contribution in [0.4, 0.5) is 0 Å². The van der Waals surface area contributed by atoms with E-state index in [1.165, 1.54) is 77.0 Å². The van der Waals surface area contributed by atoms with Crippen molar-refractivity contribution in [3.63, 3.8) is 0 Å². The van der Waals surface area contributed by atoms with E-state index in [4.69, 9.17) is 9.47 Å². The monoisotopic (exact) mass is 617 g/mol. The third kappa shape index (κ3) is 34.4. The third-order valence-corrected chi connectivity index (χ3v) is 7.54. The molecular formula is C39H68O5. The van der Waals surface area contributed by atoms with Crippen molar-refractivity contribution >= 4 is 11.9 Å². The molecule has 1 unspecified atom stereocenters. The van der Waals surface area contributed by atoms with Crippen molar-refractivity contribution in [2.24, 2.45) is 0 Å². The molecule has 5 heteroatoms. The molecule has 0 radical (unpaired) electrons. The number of allylic oxidation sites excluding steroid dienone is 8. The Kier molecular flexibility index (Phi) is 33.6. The van der Waals surface area contributed by atoms with Gasteiger partial charge in [0.1, 0.15) is 19.3 Å². The second kappa shape index (κ2) is 35.3. The Bertz CT molecular complexity index is 690. The first-order valence-electron chi connectivity index (χ1n) is 18.2. The Morgan fingerprint density at radius 3 is 1.16 bits per heavy atom. The fraction of sp³-hybridized carbons (Fsp3) is 0.744. The van der Waals surface area contributed by atoms with E-state index in [0.29, 0.717) is 12.8 Å². The van der Waals surface area contributed by atoms with Gasteiger partial charge < -0.3 is 14.6 Å². The van der Waals surface area contributed by atoms with E-state index in [-0.39, 0.29) is 25.2 Å². The molecule has 0 amide bonds. The standard InChI is InChI=1S/C39H68O5/c1-3-5-7-9-11-13-15-17-19-21-23-25-27-29-31-33-38(41)43-35-37(40)36-44-39(42)34-32-30-28-26-24-22-20-18-16-14-12-10-8-6-4-2/h11-14,17-20,37,40H,3-10,15-16,21-36H2,1-2H3/b13-11-,14-12+,19-17+,20-18+. The van der Waals surface area contributed by atoms with Crippen molar-refractivity contribution in [3.05, 3.63) is 48.6 Å². The Balaban J connectivity index is 3.51. The van der Waals surface area contributed by atoms with Gasteiger partial charge in [0.05, 0.1) is 0 Å². The molecular weight excluding hydrogens is 548 g/mol. The van der Waals surface area contributed by atoms with Crippen LogP contribution in [0.15, 0.2) is 48.6 Å². The number of ether oxygens (including phenoxy) is 2. The number of aliphatic hydroxyl groups excluding tert-OH is 1. The number of hydrogen-bond acceptors (Lipinski definition) is 5. The molecule has 0 rings (SSSR count). The van der Waals surface area contributed by atoms with E-state index >= 15 is 0 Å². The van der Waals surface area contributed by atoms with Crippen LogP contribution in [0.1, 0.15) is 168 Å². The lowest BCUT2D eigenvalue weighted by Crippen LogP contribution is -2.25. The molecule has 0 aliphatic rings. The van der Waals surface area contributed by atoms with Crippen molar-refractivity contribution < 1.29 is 24.2 Å². The fourth-order valence-corrected chi connectivity index (χ4v) is 4.73. The van der Waals surface area contributed by atoms with Gasteiger partial charge in [-0.05, 0) is 77.0 Å². The summed E-state index contributed by atoms with van der Waals surface area (Å²) >= 11 is 0. The van der Waals surface area contributed by atoms with Crippen molar-refractivity contribution in [1.82, 2.24) is 0 Å². The number of esters is 2. The lowest BCUT2D eigenvalue weighted by molar-refractivity contribution is -0.152. The van der Waals surface area contributed by atoms with E-state index in [9.17, 15) is 14.7 Å². The van der Waals surface area contributed by atoms with Crippen LogP contribution < -0.4 is 0 Å². The first kappa shape index (κ1) is 41.9. The highest BCUT2D eigenvalue weighted by atomic mass is 16.6. The summed E-state index contributed by atoms with van der Waals surface area (Å²) < 4.78 is 10.3. The predicted octanol–water partition coefficient (Wildman–Crippen LogP) is 11.1. The van der Waals surface area contributed by atoms with Gasteiger partial charge in [-0.3, -0.25) is 9.59 Å². The summed E-state index contributed by atoms with van der Waals surface area (Å²) in [6, 6.07) is 0. The molecule has 0 fully saturated rings. The Morgan fingerprint density at radius 2 is 0.795 bits per heavy atom. The zero-order valence-corrected chi connectivity index (χ0v) is 28.7. The van der Waals surface area contributed by atoms with Gasteiger partial charge in [0.2, 0.25) is 0 Å². The van der Waals surface area contributed by atoms with Gasteiger partial charge in [0.25, 0.3) is 0 Å². The summed E-state index contributed by atoms with van der Waals surface area (Å²) in [7, 11) is 0. The summed E-state index contributed by atoms with van der Waals surface area (Å²) in [6.07, 6.45) is 42.9. The average molecular weight is 617 g/mol. The fourth-order valence-electron chi connectivity index (χ4n) is 4.73. The quantitative estimate of drug-likeness (QED) is 0.0462. The van der Waals surface area contributed by atoms with Crippen molar-refractivity contribution in [2.45, 2.75) is 174 Å². The molecule has 5 nitrogen and oxygen atoms in total. The van der Waals surface area contributed by atoms with Gasteiger partial charge in [0, 0.05) is 12.8 Å². The molecule has 254 valence electrons. The number of carbonyl (C=O) groups is 2. The molecule has 0 saturated heterocycles. The van der Waals surface area contributed by atoms with Crippen molar-refractivity contribution in [2.75, 3.05) is 13.2 Å². The number of unbranched alkanes of at least 4 members (excludes halogenated alkanes) is 16. The van der Waals surface area contributed by atoms with Crippen LogP contribution in [0.3, 0.4) is 0 Å². The topological polar surface area (TPSA) is 72.8 Å². The summed E-state index contributed by atoms with van der Waals surface area (Å²) in [6.45, 7) is 4.21. The molecule has 0 saturated carbocycles. The third-order valence-electron chi connectivity index (χ3n) is 7.54. The maximum Gasteiger partial charge on any atom is 0.305 e. The maximum absolute atomic E-state index is 11.9. The Morgan fingerprint density at radius 1 is 0.477 bits per heavy atom. The van der Waals surface area contributed by atoms with Crippen LogP contribution in [-0.2, 0) is 19.1 Å². The largest absolute Gasteiger partial charge is 0.463 e. The van der Waals surface area contributed by atoms with Gasteiger partial charge in [-0.2, -0.15) is 0 Å². The normalized spacial score (nSPS) is 12.7. The van der Waals surface area contributed by atoms with Crippen molar-refractivity contribution in [3.8, 4) is 0 Å². The minimum absolute atomic E-state index is 0.129. The van der Waals surface area contributed by atoms with E-state index in [2.05, 4.69) is 62.5 Å². The van der Waals surface area contributed by atoms with Crippen molar-refractivity contribution in [1.29, 1.82) is 0 Å². The van der Waals surface area contributed by atoms with Gasteiger partial charge in [-0.15, -0.1) is 0 Å². The molecule has 0 aliphatic carbocycles. The molecule has 0 aromatic heterocycles.